The van der Waals surface area contributed by atoms with Gasteiger partial charge in [-0.05, 0) is 78.5 Å². The lowest BCUT2D eigenvalue weighted by molar-refractivity contribution is 0.0700. The predicted molar refractivity (Wildman–Crippen MR) is 184 cm³/mol. The zero-order chi connectivity index (χ0) is 32.6. The third-order valence-electron chi connectivity index (χ3n) is 10.4. The highest BCUT2D eigenvalue weighted by molar-refractivity contribution is 7.88. The summed E-state index contributed by atoms with van der Waals surface area (Å²) < 4.78 is 35.9. The number of nitrogens with one attached hydrogen (secondary N) is 1. The minimum Gasteiger partial charge on any atom is -0.494 e. The topological polar surface area (TPSA) is 124 Å². The van der Waals surface area contributed by atoms with Gasteiger partial charge in [0, 0.05) is 55.2 Å². The van der Waals surface area contributed by atoms with Gasteiger partial charge in [0.1, 0.15) is 11.3 Å². The smallest absolute Gasteiger partial charge is 0.254 e. The average Bonchev–Trinajstić information content (AvgIpc) is 3.47. The van der Waals surface area contributed by atoms with E-state index >= 15 is 0 Å². The Kier molecular flexibility index (Phi) is 7.19. The van der Waals surface area contributed by atoms with E-state index in [1.54, 1.807) is 7.11 Å². The Morgan fingerprint density at radius 1 is 1.02 bits per heavy atom. The molecule has 3 atom stereocenters. The number of methoxy groups -OCH3 is 1. The first kappa shape index (κ1) is 30.2. The SMILES string of the molecule is COc1cc(C(=O)N2C[C@H]3CC[C@@H]2[C@@H]3N)cc2nc(-c3cc4ccc(-c5ccc(CNS(C)(=O)=O)cc5)cc4n3CC3CC3)n(C)c12. The van der Waals surface area contributed by atoms with Gasteiger partial charge < -0.3 is 24.5 Å². The van der Waals surface area contributed by atoms with Crippen molar-refractivity contribution < 1.29 is 17.9 Å². The molecule has 3 heterocycles. The molecule has 8 rings (SSSR count). The van der Waals surface area contributed by atoms with Crippen LogP contribution in [0.1, 0.15) is 41.6 Å². The number of amides is 1. The minimum atomic E-state index is -3.26. The molecular formula is C36H40N6O4S. The van der Waals surface area contributed by atoms with Gasteiger partial charge in [-0.25, -0.2) is 18.1 Å². The van der Waals surface area contributed by atoms with Gasteiger partial charge in [0.25, 0.3) is 5.91 Å². The molecule has 3 fully saturated rings. The Bertz CT molecular complexity index is 2150. The molecule has 11 heteroatoms. The van der Waals surface area contributed by atoms with Crippen LogP contribution in [0, 0.1) is 11.8 Å². The molecule has 10 nitrogen and oxygen atoms in total. The number of nitrogens with zero attached hydrogens (tertiary/aromatic N) is 4. The zero-order valence-electron chi connectivity index (χ0n) is 26.9. The van der Waals surface area contributed by atoms with E-state index < -0.39 is 10.0 Å². The number of piperidine rings is 1. The summed E-state index contributed by atoms with van der Waals surface area (Å²) in [6.45, 7) is 1.88. The van der Waals surface area contributed by atoms with E-state index in [2.05, 4.69) is 38.1 Å². The summed E-state index contributed by atoms with van der Waals surface area (Å²) in [6, 6.07) is 20.6. The molecule has 244 valence electrons. The summed E-state index contributed by atoms with van der Waals surface area (Å²) in [6.07, 6.45) is 5.65. The fraction of sp³-hybridized carbons (Fsp3) is 0.389. The maximum absolute atomic E-state index is 13.7. The van der Waals surface area contributed by atoms with Crippen molar-refractivity contribution >= 4 is 37.9 Å². The number of benzene rings is 3. The molecule has 2 aromatic heterocycles. The van der Waals surface area contributed by atoms with Gasteiger partial charge in [-0.2, -0.15) is 0 Å². The molecule has 1 aliphatic heterocycles. The van der Waals surface area contributed by atoms with Crippen LogP contribution in [0.4, 0.5) is 0 Å². The van der Waals surface area contributed by atoms with Crippen molar-refractivity contribution in [2.45, 2.75) is 50.9 Å². The Hall–Kier alpha value is -4.19. The van der Waals surface area contributed by atoms with Crippen LogP contribution in [-0.2, 0) is 30.2 Å². The fourth-order valence-corrected chi connectivity index (χ4v) is 8.10. The second-order valence-corrected chi connectivity index (χ2v) is 15.5. The molecule has 47 heavy (non-hydrogen) atoms. The number of sulfonamides is 1. The van der Waals surface area contributed by atoms with E-state index in [1.807, 2.05) is 48.3 Å². The third kappa shape index (κ3) is 5.40. The van der Waals surface area contributed by atoms with Crippen molar-refractivity contribution in [3.63, 3.8) is 0 Å². The zero-order valence-corrected chi connectivity index (χ0v) is 27.8. The molecule has 3 aromatic carbocycles. The largest absolute Gasteiger partial charge is 0.494 e. The van der Waals surface area contributed by atoms with Gasteiger partial charge in [-0.1, -0.05) is 36.4 Å². The van der Waals surface area contributed by atoms with Crippen LogP contribution in [0.25, 0.3) is 44.6 Å². The molecule has 3 aliphatic rings. The Morgan fingerprint density at radius 3 is 2.45 bits per heavy atom. The molecule has 0 radical (unpaired) electrons. The number of nitrogens with two attached hydrogens (primary N) is 1. The van der Waals surface area contributed by atoms with Crippen LogP contribution in [-0.4, -0.2) is 65.3 Å². The summed E-state index contributed by atoms with van der Waals surface area (Å²) in [4.78, 5) is 20.8. The molecule has 1 amide bonds. The number of likely N-dealkylation sites (tertiary alicyclic amines) is 1. The highest BCUT2D eigenvalue weighted by atomic mass is 32.2. The van der Waals surface area contributed by atoms with Crippen LogP contribution in [0.15, 0.2) is 60.7 Å². The van der Waals surface area contributed by atoms with E-state index in [0.29, 0.717) is 29.7 Å². The number of imidazole rings is 1. The van der Waals surface area contributed by atoms with E-state index in [0.717, 1.165) is 69.5 Å². The van der Waals surface area contributed by atoms with Crippen molar-refractivity contribution in [2.75, 3.05) is 19.9 Å². The molecule has 2 aliphatic carbocycles. The maximum atomic E-state index is 13.7. The van der Waals surface area contributed by atoms with Crippen molar-refractivity contribution in [1.82, 2.24) is 23.7 Å². The van der Waals surface area contributed by atoms with Gasteiger partial charge in [-0.15, -0.1) is 0 Å². The summed E-state index contributed by atoms with van der Waals surface area (Å²) >= 11 is 0. The van der Waals surface area contributed by atoms with Crippen LogP contribution in [0.5, 0.6) is 5.75 Å². The van der Waals surface area contributed by atoms with Crippen molar-refractivity contribution in [3.05, 3.63) is 71.8 Å². The van der Waals surface area contributed by atoms with E-state index in [1.165, 1.54) is 19.1 Å². The lowest BCUT2D eigenvalue weighted by atomic mass is 10.0. The molecule has 0 spiro atoms. The van der Waals surface area contributed by atoms with Crippen LogP contribution >= 0.6 is 0 Å². The number of carbonyl (C=O) groups is 1. The lowest BCUT2D eigenvalue weighted by Crippen LogP contribution is -2.41. The lowest BCUT2D eigenvalue weighted by Gasteiger charge is -2.27. The molecular weight excluding hydrogens is 613 g/mol. The van der Waals surface area contributed by atoms with Crippen molar-refractivity contribution in [3.8, 4) is 28.4 Å². The van der Waals surface area contributed by atoms with Gasteiger partial charge >= 0.3 is 0 Å². The number of aryl methyl sites for hydroxylation is 1. The van der Waals surface area contributed by atoms with Gasteiger partial charge in [0.15, 0.2) is 5.82 Å². The number of ether oxygens (including phenoxy) is 1. The van der Waals surface area contributed by atoms with Crippen LogP contribution < -0.4 is 15.2 Å². The number of hydrogen-bond donors (Lipinski definition) is 2. The summed E-state index contributed by atoms with van der Waals surface area (Å²) in [7, 11) is 0.398. The van der Waals surface area contributed by atoms with Gasteiger partial charge in [0.2, 0.25) is 10.0 Å². The minimum absolute atomic E-state index is 0.00452. The first-order valence-electron chi connectivity index (χ1n) is 16.4. The quantitative estimate of drug-likeness (QED) is 0.234. The molecule has 1 saturated heterocycles. The maximum Gasteiger partial charge on any atom is 0.254 e. The monoisotopic (exact) mass is 652 g/mol. The molecule has 0 unspecified atom stereocenters. The van der Waals surface area contributed by atoms with Gasteiger partial charge in [-0.3, -0.25) is 4.79 Å². The van der Waals surface area contributed by atoms with E-state index in [-0.39, 0.29) is 24.5 Å². The Labute approximate surface area is 274 Å². The fourth-order valence-electron chi connectivity index (χ4n) is 7.67. The Morgan fingerprint density at radius 2 is 1.79 bits per heavy atom. The molecule has 5 aromatic rings. The second kappa shape index (κ2) is 11.2. The molecule has 3 N–H and O–H groups in total. The summed E-state index contributed by atoms with van der Waals surface area (Å²) in [5, 5.41) is 1.13. The van der Waals surface area contributed by atoms with Crippen molar-refractivity contribution in [2.24, 2.45) is 24.6 Å². The molecule has 2 bridgehead atoms. The highest BCUT2D eigenvalue weighted by Crippen LogP contribution is 2.41. The van der Waals surface area contributed by atoms with Crippen molar-refractivity contribution in [1.29, 1.82) is 0 Å². The van der Waals surface area contributed by atoms with Crippen LogP contribution in [0.3, 0.4) is 0 Å². The Balaban J connectivity index is 1.17. The summed E-state index contributed by atoms with van der Waals surface area (Å²) in [5.74, 6) is 2.46. The number of fused-ring (bicyclic) bond motifs is 4. The molecule has 2 saturated carbocycles. The number of rotatable bonds is 9. The first-order chi connectivity index (χ1) is 22.6. The predicted octanol–water partition coefficient (Wildman–Crippen LogP) is 4.89. The number of carbonyl (C=O) groups excluding carboxylic acids is 1. The number of hydrogen-bond acceptors (Lipinski definition) is 6. The first-order valence-corrected chi connectivity index (χ1v) is 18.3. The number of aromatic nitrogens is 3. The average molecular weight is 653 g/mol. The normalized spacial score (nSPS) is 20.9. The van der Waals surface area contributed by atoms with Crippen LogP contribution in [0.2, 0.25) is 0 Å². The van der Waals surface area contributed by atoms with Gasteiger partial charge in [0.05, 0.1) is 24.6 Å². The highest BCUT2D eigenvalue weighted by Gasteiger charge is 2.47. The summed E-state index contributed by atoms with van der Waals surface area (Å²) in [5.41, 5.74) is 13.8. The van der Waals surface area contributed by atoms with E-state index in [4.69, 9.17) is 15.5 Å². The third-order valence-corrected chi connectivity index (χ3v) is 11.1. The van der Waals surface area contributed by atoms with E-state index in [9.17, 15) is 13.2 Å². The second-order valence-electron chi connectivity index (χ2n) is 13.6. The standard InChI is InChI=1S/C36H40N6O4S/c1-40-34-28(14-27(17-32(34)46-2)36(43)42-20-26-12-13-29(42)33(26)37)39-35(40)31-16-25-11-10-24(15-30(25)41(31)19-22-4-5-22)23-8-6-21(7-9-23)18-38-47(3,44)45/h6-11,14-17,22,26,29,33,38H,4-5,12-13,18-20,37H2,1-3H3/t26-,29-,33-/m1/s1.